The third-order valence-electron chi connectivity index (χ3n) is 3.53. The number of hydrogen-bond acceptors (Lipinski definition) is 4. The molecule has 1 unspecified atom stereocenters. The minimum absolute atomic E-state index is 0.237. The maximum absolute atomic E-state index is 13.3. The van der Waals surface area contributed by atoms with Crippen molar-refractivity contribution in [3.8, 4) is 5.75 Å². The highest BCUT2D eigenvalue weighted by atomic mass is 19.4. The fourth-order valence-electron chi connectivity index (χ4n) is 2.36. The lowest BCUT2D eigenvalue weighted by Crippen LogP contribution is -2.28. The largest absolute Gasteiger partial charge is 0.492 e. The quantitative estimate of drug-likeness (QED) is 0.694. The molecule has 0 amide bonds. The van der Waals surface area contributed by atoms with Crippen LogP contribution in [0.5, 0.6) is 5.75 Å². The Hall–Kier alpha value is -2.22. The molecule has 0 bridgehead atoms. The lowest BCUT2D eigenvalue weighted by atomic mass is 10.1. The van der Waals surface area contributed by atoms with Gasteiger partial charge < -0.3 is 10.1 Å². The first-order valence-electron chi connectivity index (χ1n) is 6.98. The Balaban J connectivity index is 1.69. The van der Waals surface area contributed by atoms with Gasteiger partial charge in [-0.15, -0.1) is 0 Å². The summed E-state index contributed by atoms with van der Waals surface area (Å²) < 4.78 is 56.1. The molecule has 0 aromatic carbocycles. The lowest BCUT2D eigenvalue weighted by molar-refractivity contribution is -0.137. The molecule has 2 aromatic heterocycles. The van der Waals surface area contributed by atoms with Gasteiger partial charge in [-0.3, -0.25) is 4.98 Å². The van der Waals surface area contributed by atoms with Crippen LogP contribution in [0.4, 0.5) is 17.6 Å². The summed E-state index contributed by atoms with van der Waals surface area (Å²) in [4.78, 5) is 7.63. The van der Waals surface area contributed by atoms with Gasteiger partial charge in [-0.25, -0.2) is 4.98 Å². The molecular formula is C15H13F4N3O. The van der Waals surface area contributed by atoms with Crippen molar-refractivity contribution in [2.45, 2.75) is 25.2 Å². The first kappa shape index (κ1) is 15.7. The Labute approximate surface area is 129 Å². The zero-order chi connectivity index (χ0) is 16.4. The average Bonchev–Trinajstić information content (AvgIpc) is 2.52. The Kier molecular flexibility index (Phi) is 4.16. The van der Waals surface area contributed by atoms with E-state index in [0.717, 1.165) is 12.3 Å². The number of halogens is 4. The molecule has 1 N–H and O–H groups in total. The fraction of sp³-hybridized carbons (Fsp3) is 0.333. The molecule has 122 valence electrons. The van der Waals surface area contributed by atoms with Gasteiger partial charge in [-0.05, 0) is 24.3 Å². The smallest absolute Gasteiger partial charge is 0.417 e. The predicted molar refractivity (Wildman–Crippen MR) is 73.1 cm³/mol. The molecule has 2 aromatic rings. The molecule has 4 nitrogen and oxygen atoms in total. The molecule has 8 heteroatoms. The number of rotatable bonds is 3. The van der Waals surface area contributed by atoms with Crippen LogP contribution in [0.1, 0.15) is 29.4 Å². The molecule has 3 heterocycles. The number of pyridine rings is 2. The summed E-state index contributed by atoms with van der Waals surface area (Å²) >= 11 is 0. The molecule has 0 saturated carbocycles. The number of fused-ring (bicyclic) bond motifs is 1. The van der Waals surface area contributed by atoms with Crippen LogP contribution in [0.25, 0.3) is 0 Å². The van der Waals surface area contributed by atoms with E-state index in [9.17, 15) is 17.6 Å². The van der Waals surface area contributed by atoms with E-state index in [4.69, 9.17) is 4.74 Å². The zero-order valence-corrected chi connectivity index (χ0v) is 11.9. The van der Waals surface area contributed by atoms with Gasteiger partial charge in [-0.1, -0.05) is 0 Å². The molecule has 23 heavy (non-hydrogen) atoms. The van der Waals surface area contributed by atoms with Gasteiger partial charge in [0.25, 0.3) is 0 Å². The van der Waals surface area contributed by atoms with Crippen LogP contribution in [0.2, 0.25) is 0 Å². The molecule has 0 saturated heterocycles. The molecule has 1 aliphatic rings. The van der Waals surface area contributed by atoms with Crippen molar-refractivity contribution in [2.75, 3.05) is 6.61 Å². The van der Waals surface area contributed by atoms with Crippen molar-refractivity contribution in [2.24, 2.45) is 0 Å². The maximum Gasteiger partial charge on any atom is 0.417 e. The number of nitrogens with zero attached hydrogens (tertiary/aromatic N) is 2. The van der Waals surface area contributed by atoms with Gasteiger partial charge in [0.1, 0.15) is 11.4 Å². The number of ether oxygens (including phenoxy) is 1. The summed E-state index contributed by atoms with van der Waals surface area (Å²) in [6, 6.07) is 4.80. The van der Waals surface area contributed by atoms with E-state index in [0.29, 0.717) is 30.2 Å². The summed E-state index contributed by atoms with van der Waals surface area (Å²) in [5.74, 6) is -0.0933. The average molecular weight is 327 g/mol. The van der Waals surface area contributed by atoms with E-state index in [-0.39, 0.29) is 12.6 Å². The Bertz CT molecular complexity index is 688. The second kappa shape index (κ2) is 6.11. The van der Waals surface area contributed by atoms with E-state index in [1.807, 2.05) is 0 Å². The van der Waals surface area contributed by atoms with Gasteiger partial charge in [0.05, 0.1) is 23.9 Å². The number of aromatic nitrogens is 2. The summed E-state index contributed by atoms with van der Waals surface area (Å²) in [7, 11) is 0. The molecule has 0 fully saturated rings. The summed E-state index contributed by atoms with van der Waals surface area (Å²) in [6.45, 7) is 0.707. The molecule has 1 aliphatic heterocycles. The first-order valence-corrected chi connectivity index (χ1v) is 6.98. The van der Waals surface area contributed by atoms with Crippen LogP contribution in [-0.2, 0) is 12.7 Å². The lowest BCUT2D eigenvalue weighted by Gasteiger charge is -2.25. The second-order valence-electron chi connectivity index (χ2n) is 5.12. The molecular weight excluding hydrogens is 314 g/mol. The van der Waals surface area contributed by atoms with Crippen molar-refractivity contribution in [1.82, 2.24) is 15.3 Å². The number of nitrogens with one attached hydrogen (secondary N) is 1. The van der Waals surface area contributed by atoms with Gasteiger partial charge in [0.15, 0.2) is 0 Å². The monoisotopic (exact) mass is 327 g/mol. The van der Waals surface area contributed by atoms with E-state index < -0.39 is 17.7 Å². The summed E-state index contributed by atoms with van der Waals surface area (Å²) in [5.41, 5.74) is 0.131. The van der Waals surface area contributed by atoms with Crippen molar-refractivity contribution < 1.29 is 22.3 Å². The number of alkyl halides is 3. The van der Waals surface area contributed by atoms with Gasteiger partial charge in [0.2, 0.25) is 5.95 Å². The topological polar surface area (TPSA) is 47.0 Å². The van der Waals surface area contributed by atoms with E-state index >= 15 is 0 Å². The zero-order valence-electron chi connectivity index (χ0n) is 11.9. The highest BCUT2D eigenvalue weighted by molar-refractivity contribution is 5.31. The van der Waals surface area contributed by atoms with Crippen LogP contribution >= 0.6 is 0 Å². The summed E-state index contributed by atoms with van der Waals surface area (Å²) in [5, 5.41) is 3.13. The third-order valence-corrected chi connectivity index (χ3v) is 3.53. The Morgan fingerprint density at radius 2 is 2.04 bits per heavy atom. The molecule has 0 spiro atoms. The van der Waals surface area contributed by atoms with Crippen LogP contribution in [0, 0.1) is 5.95 Å². The first-order chi connectivity index (χ1) is 10.9. The second-order valence-corrected chi connectivity index (χ2v) is 5.12. The third kappa shape index (κ3) is 3.58. The highest BCUT2D eigenvalue weighted by Gasteiger charge is 2.30. The molecule has 3 rings (SSSR count). The highest BCUT2D eigenvalue weighted by Crippen LogP contribution is 2.31. The van der Waals surface area contributed by atoms with E-state index in [2.05, 4.69) is 15.3 Å². The fourth-order valence-corrected chi connectivity index (χ4v) is 2.36. The van der Waals surface area contributed by atoms with Crippen molar-refractivity contribution in [3.63, 3.8) is 0 Å². The minimum Gasteiger partial charge on any atom is -0.492 e. The molecule has 0 radical (unpaired) electrons. The van der Waals surface area contributed by atoms with Crippen LogP contribution in [0.3, 0.4) is 0 Å². The van der Waals surface area contributed by atoms with E-state index in [1.54, 1.807) is 0 Å². The van der Waals surface area contributed by atoms with E-state index in [1.165, 1.54) is 18.2 Å². The Morgan fingerprint density at radius 3 is 2.74 bits per heavy atom. The standard InChI is InChI=1S/C15H13F4N3O/c16-13-4-3-12-14(22-13)11(5-6-23-12)21-8-10-2-1-9(7-20-10)15(17,18)19/h1-4,7,11,21H,5-6,8H2. The number of hydrogen-bond donors (Lipinski definition) is 1. The SMILES string of the molecule is Fc1ccc2c(n1)C(NCc1ccc(C(F)(F)F)cn1)CCO2. The molecule has 1 atom stereocenters. The Morgan fingerprint density at radius 1 is 1.22 bits per heavy atom. The van der Waals surface area contributed by atoms with Crippen molar-refractivity contribution in [3.05, 3.63) is 53.4 Å². The van der Waals surface area contributed by atoms with Crippen molar-refractivity contribution in [1.29, 1.82) is 0 Å². The van der Waals surface area contributed by atoms with Gasteiger partial charge in [-0.2, -0.15) is 17.6 Å². The van der Waals surface area contributed by atoms with Crippen LogP contribution in [0.15, 0.2) is 30.5 Å². The molecule has 0 aliphatic carbocycles. The predicted octanol–water partition coefficient (Wildman–Crippen LogP) is 3.25. The van der Waals surface area contributed by atoms with Gasteiger partial charge in [0, 0.05) is 19.2 Å². The van der Waals surface area contributed by atoms with Gasteiger partial charge >= 0.3 is 6.18 Å². The van der Waals surface area contributed by atoms with Crippen LogP contribution < -0.4 is 10.1 Å². The summed E-state index contributed by atoms with van der Waals surface area (Å²) in [6.07, 6.45) is -3.02. The normalized spacial score (nSPS) is 17.5. The minimum atomic E-state index is -4.40. The maximum atomic E-state index is 13.3. The van der Waals surface area contributed by atoms with Crippen molar-refractivity contribution >= 4 is 0 Å². The van der Waals surface area contributed by atoms with Crippen LogP contribution in [-0.4, -0.2) is 16.6 Å².